The average Bonchev–Trinajstić information content (AvgIpc) is 2.79. The zero-order chi connectivity index (χ0) is 8.55. The quantitative estimate of drug-likeness (QED) is 0.753. The molecule has 0 bridgehead atoms. The lowest BCUT2D eigenvalue weighted by molar-refractivity contribution is 0.301. The lowest BCUT2D eigenvalue weighted by Gasteiger charge is -2.07. The van der Waals surface area contributed by atoms with E-state index in [9.17, 15) is 0 Å². The zero-order valence-electron chi connectivity index (χ0n) is 7.01. The van der Waals surface area contributed by atoms with Gasteiger partial charge in [0.05, 0.1) is 6.10 Å². The Bertz CT molecular complexity index is 292. The molecule has 0 N–H and O–H groups in total. The topological polar surface area (TPSA) is 9.23 Å². The SMILES string of the molecule is Cc1cc(Br)ccc1OC1CC1. The summed E-state index contributed by atoms with van der Waals surface area (Å²) in [6.07, 6.45) is 2.93. The highest BCUT2D eigenvalue weighted by Gasteiger charge is 2.23. The first-order chi connectivity index (χ1) is 5.75. The van der Waals surface area contributed by atoms with Crippen molar-refractivity contribution in [1.82, 2.24) is 0 Å². The second-order valence-electron chi connectivity index (χ2n) is 3.23. The van der Waals surface area contributed by atoms with Crippen molar-refractivity contribution in [3.8, 4) is 5.75 Å². The molecule has 64 valence electrons. The molecule has 1 fully saturated rings. The molecule has 2 rings (SSSR count). The second-order valence-corrected chi connectivity index (χ2v) is 4.14. The third-order valence-corrected chi connectivity index (χ3v) is 2.45. The van der Waals surface area contributed by atoms with Crippen LogP contribution in [0.15, 0.2) is 22.7 Å². The van der Waals surface area contributed by atoms with Gasteiger partial charge in [-0.05, 0) is 43.5 Å². The first-order valence-electron chi connectivity index (χ1n) is 4.18. The predicted molar refractivity (Wildman–Crippen MR) is 52.5 cm³/mol. The van der Waals surface area contributed by atoms with E-state index in [1.165, 1.54) is 18.4 Å². The summed E-state index contributed by atoms with van der Waals surface area (Å²) < 4.78 is 6.80. The Balaban J connectivity index is 2.18. The van der Waals surface area contributed by atoms with E-state index in [2.05, 4.69) is 28.9 Å². The van der Waals surface area contributed by atoms with Crippen LogP contribution in [0.5, 0.6) is 5.75 Å². The van der Waals surface area contributed by atoms with Gasteiger partial charge in [-0.15, -0.1) is 0 Å². The molecule has 1 aliphatic rings. The summed E-state index contributed by atoms with van der Waals surface area (Å²) in [5, 5.41) is 0. The molecule has 1 aromatic carbocycles. The van der Waals surface area contributed by atoms with Gasteiger partial charge in [-0.25, -0.2) is 0 Å². The van der Waals surface area contributed by atoms with Crippen molar-refractivity contribution < 1.29 is 4.74 Å². The average molecular weight is 227 g/mol. The van der Waals surface area contributed by atoms with Gasteiger partial charge in [-0.1, -0.05) is 15.9 Å². The highest BCUT2D eigenvalue weighted by molar-refractivity contribution is 9.10. The van der Waals surface area contributed by atoms with Crippen LogP contribution in [0, 0.1) is 6.92 Å². The highest BCUT2D eigenvalue weighted by atomic mass is 79.9. The standard InChI is InChI=1S/C10H11BrO/c1-7-6-8(11)2-5-10(7)12-9-3-4-9/h2,5-6,9H,3-4H2,1H3. The van der Waals surface area contributed by atoms with Crippen LogP contribution in [0.2, 0.25) is 0 Å². The number of halogens is 1. The van der Waals surface area contributed by atoms with E-state index >= 15 is 0 Å². The number of hydrogen-bond donors (Lipinski definition) is 0. The third-order valence-electron chi connectivity index (χ3n) is 1.95. The van der Waals surface area contributed by atoms with Crippen molar-refractivity contribution in [2.75, 3.05) is 0 Å². The summed E-state index contributed by atoms with van der Waals surface area (Å²) in [5.41, 5.74) is 1.20. The normalized spacial score (nSPS) is 16.2. The van der Waals surface area contributed by atoms with Gasteiger partial charge in [0, 0.05) is 4.47 Å². The van der Waals surface area contributed by atoms with Gasteiger partial charge in [-0.2, -0.15) is 0 Å². The Morgan fingerprint density at radius 3 is 2.75 bits per heavy atom. The van der Waals surface area contributed by atoms with E-state index < -0.39 is 0 Å². The maximum absolute atomic E-state index is 5.69. The van der Waals surface area contributed by atoms with Gasteiger partial charge in [0.15, 0.2) is 0 Å². The minimum Gasteiger partial charge on any atom is -0.490 e. The van der Waals surface area contributed by atoms with Crippen molar-refractivity contribution in [3.05, 3.63) is 28.2 Å². The lowest BCUT2D eigenvalue weighted by atomic mass is 10.2. The fourth-order valence-electron chi connectivity index (χ4n) is 1.11. The van der Waals surface area contributed by atoms with Crippen molar-refractivity contribution in [2.24, 2.45) is 0 Å². The zero-order valence-corrected chi connectivity index (χ0v) is 8.60. The van der Waals surface area contributed by atoms with Crippen molar-refractivity contribution in [1.29, 1.82) is 0 Å². The summed E-state index contributed by atoms with van der Waals surface area (Å²) in [6.45, 7) is 2.07. The molecule has 0 atom stereocenters. The molecule has 1 nitrogen and oxygen atoms in total. The molecule has 1 aliphatic carbocycles. The summed E-state index contributed by atoms with van der Waals surface area (Å²) in [5.74, 6) is 1.03. The third kappa shape index (κ3) is 1.81. The molecule has 1 aromatic rings. The molecule has 0 unspecified atom stereocenters. The predicted octanol–water partition coefficient (Wildman–Crippen LogP) is 3.30. The second kappa shape index (κ2) is 3.09. The van der Waals surface area contributed by atoms with Gasteiger partial charge in [-0.3, -0.25) is 0 Å². The Morgan fingerprint density at radius 2 is 2.17 bits per heavy atom. The molecule has 0 heterocycles. The van der Waals surface area contributed by atoms with E-state index in [0.29, 0.717) is 6.10 Å². The largest absolute Gasteiger partial charge is 0.490 e. The van der Waals surface area contributed by atoms with Crippen LogP contribution < -0.4 is 4.74 Å². The monoisotopic (exact) mass is 226 g/mol. The van der Waals surface area contributed by atoms with E-state index in [0.717, 1.165) is 10.2 Å². The van der Waals surface area contributed by atoms with Crippen LogP contribution in [0.1, 0.15) is 18.4 Å². The molecule has 0 saturated heterocycles. The molecule has 0 spiro atoms. The van der Waals surface area contributed by atoms with Gasteiger partial charge in [0.1, 0.15) is 5.75 Å². The first kappa shape index (κ1) is 8.11. The van der Waals surface area contributed by atoms with E-state index in [-0.39, 0.29) is 0 Å². The number of rotatable bonds is 2. The Kier molecular flexibility index (Phi) is 2.09. The van der Waals surface area contributed by atoms with Gasteiger partial charge in [0.25, 0.3) is 0 Å². The minimum atomic E-state index is 0.491. The summed E-state index contributed by atoms with van der Waals surface area (Å²) in [6, 6.07) is 6.13. The van der Waals surface area contributed by atoms with Crippen molar-refractivity contribution in [2.45, 2.75) is 25.9 Å². The smallest absolute Gasteiger partial charge is 0.122 e. The molecular formula is C10H11BrO. The van der Waals surface area contributed by atoms with Crippen LogP contribution in [0.25, 0.3) is 0 Å². The maximum atomic E-state index is 5.69. The molecular weight excluding hydrogens is 216 g/mol. The molecule has 1 saturated carbocycles. The van der Waals surface area contributed by atoms with Crippen LogP contribution in [0.4, 0.5) is 0 Å². The molecule has 2 heteroatoms. The highest BCUT2D eigenvalue weighted by Crippen LogP contribution is 2.30. The fraction of sp³-hybridized carbons (Fsp3) is 0.400. The lowest BCUT2D eigenvalue weighted by Crippen LogP contribution is -1.97. The van der Waals surface area contributed by atoms with Crippen LogP contribution in [0.3, 0.4) is 0 Å². The minimum absolute atomic E-state index is 0.491. The van der Waals surface area contributed by atoms with Crippen molar-refractivity contribution in [3.63, 3.8) is 0 Å². The molecule has 12 heavy (non-hydrogen) atoms. The van der Waals surface area contributed by atoms with Crippen LogP contribution in [-0.2, 0) is 0 Å². The van der Waals surface area contributed by atoms with Crippen LogP contribution in [-0.4, -0.2) is 6.10 Å². The van der Waals surface area contributed by atoms with Crippen molar-refractivity contribution >= 4 is 15.9 Å². The molecule has 0 aromatic heterocycles. The summed E-state index contributed by atoms with van der Waals surface area (Å²) in [4.78, 5) is 0. The van der Waals surface area contributed by atoms with Gasteiger partial charge in [0.2, 0.25) is 0 Å². The van der Waals surface area contributed by atoms with Crippen LogP contribution >= 0.6 is 15.9 Å². The Labute approximate surface area is 80.9 Å². The Morgan fingerprint density at radius 1 is 1.42 bits per heavy atom. The molecule has 0 radical (unpaired) electrons. The first-order valence-corrected chi connectivity index (χ1v) is 4.98. The van der Waals surface area contributed by atoms with E-state index in [1.54, 1.807) is 0 Å². The number of ether oxygens (including phenoxy) is 1. The van der Waals surface area contributed by atoms with E-state index in [1.807, 2.05) is 12.1 Å². The molecule has 0 amide bonds. The number of hydrogen-bond acceptors (Lipinski definition) is 1. The van der Waals surface area contributed by atoms with Gasteiger partial charge < -0.3 is 4.74 Å². The maximum Gasteiger partial charge on any atom is 0.122 e. The van der Waals surface area contributed by atoms with Gasteiger partial charge >= 0.3 is 0 Å². The fourth-order valence-corrected chi connectivity index (χ4v) is 1.59. The van der Waals surface area contributed by atoms with E-state index in [4.69, 9.17) is 4.74 Å². The number of aryl methyl sites for hydroxylation is 1. The summed E-state index contributed by atoms with van der Waals surface area (Å²) >= 11 is 3.42. The Hall–Kier alpha value is -0.500. The number of benzene rings is 1. The molecule has 0 aliphatic heterocycles. The summed E-state index contributed by atoms with van der Waals surface area (Å²) in [7, 11) is 0.